The summed E-state index contributed by atoms with van der Waals surface area (Å²) in [6.07, 6.45) is 4.24. The molecule has 1 aromatic heterocycles. The number of rotatable bonds is 7. The Morgan fingerprint density at radius 1 is 1.55 bits per heavy atom. The number of aliphatic hydroxyl groups is 1. The highest BCUT2D eigenvalue weighted by atomic mass is 16.4. The second-order valence-electron chi connectivity index (χ2n) is 6.07. The Labute approximate surface area is 131 Å². The number of amides is 2. The van der Waals surface area contributed by atoms with Gasteiger partial charge in [0.1, 0.15) is 11.9 Å². The molecule has 2 atom stereocenters. The molecule has 0 aromatic carbocycles. The van der Waals surface area contributed by atoms with Crippen LogP contribution >= 0.6 is 0 Å². The van der Waals surface area contributed by atoms with Gasteiger partial charge >= 0.3 is 6.03 Å². The lowest BCUT2D eigenvalue weighted by Crippen LogP contribution is -2.40. The molecule has 3 N–H and O–H groups in total. The fraction of sp³-hybridized carbons (Fsp3) is 0.688. The van der Waals surface area contributed by atoms with Gasteiger partial charge in [-0.05, 0) is 50.4 Å². The van der Waals surface area contributed by atoms with Crippen LogP contribution in [0.2, 0.25) is 0 Å². The average Bonchev–Trinajstić information content (AvgIpc) is 3.04. The Morgan fingerprint density at radius 3 is 3.14 bits per heavy atom. The molecular weight excluding hydrogens is 282 g/mol. The summed E-state index contributed by atoms with van der Waals surface area (Å²) in [5.41, 5.74) is 0. The van der Waals surface area contributed by atoms with E-state index in [1.54, 1.807) is 12.1 Å². The van der Waals surface area contributed by atoms with Gasteiger partial charge in [0.25, 0.3) is 0 Å². The Bertz CT molecular complexity index is 436. The number of likely N-dealkylation sites (tertiary alicyclic amines) is 1. The maximum atomic E-state index is 11.6. The van der Waals surface area contributed by atoms with Crippen molar-refractivity contribution >= 4 is 6.03 Å². The summed E-state index contributed by atoms with van der Waals surface area (Å²) >= 11 is 0. The van der Waals surface area contributed by atoms with Crippen LogP contribution in [0.3, 0.4) is 0 Å². The minimum absolute atomic E-state index is 0.142. The van der Waals surface area contributed by atoms with Crippen molar-refractivity contribution in [3.8, 4) is 0 Å². The van der Waals surface area contributed by atoms with E-state index in [0.29, 0.717) is 12.3 Å². The van der Waals surface area contributed by atoms with E-state index in [0.717, 1.165) is 18.9 Å². The summed E-state index contributed by atoms with van der Waals surface area (Å²) < 4.78 is 5.07. The summed E-state index contributed by atoms with van der Waals surface area (Å²) in [5.74, 6) is 1.24. The highest BCUT2D eigenvalue weighted by Gasteiger charge is 2.15. The molecule has 1 aliphatic rings. The minimum Gasteiger partial charge on any atom is -0.467 e. The SMILES string of the molecule is CC1CCCN(CCCNC(=O)NCC(O)c2ccco2)C1. The first-order chi connectivity index (χ1) is 10.6. The molecule has 0 bridgehead atoms. The van der Waals surface area contributed by atoms with Gasteiger partial charge in [-0.3, -0.25) is 0 Å². The number of piperidine rings is 1. The zero-order valence-corrected chi connectivity index (χ0v) is 13.3. The molecule has 0 radical (unpaired) electrons. The normalized spacial score (nSPS) is 20.5. The van der Waals surface area contributed by atoms with Crippen LogP contribution in [-0.4, -0.2) is 48.8 Å². The monoisotopic (exact) mass is 309 g/mol. The van der Waals surface area contributed by atoms with E-state index in [9.17, 15) is 9.90 Å². The van der Waals surface area contributed by atoms with Gasteiger partial charge in [0.15, 0.2) is 0 Å². The van der Waals surface area contributed by atoms with Crippen LogP contribution in [0.25, 0.3) is 0 Å². The largest absolute Gasteiger partial charge is 0.467 e. The van der Waals surface area contributed by atoms with Crippen molar-refractivity contribution in [2.45, 2.75) is 32.3 Å². The summed E-state index contributed by atoms with van der Waals surface area (Å²) in [6, 6.07) is 3.14. The van der Waals surface area contributed by atoms with Gasteiger partial charge in [-0.15, -0.1) is 0 Å². The van der Waals surface area contributed by atoms with E-state index in [-0.39, 0.29) is 12.6 Å². The second-order valence-corrected chi connectivity index (χ2v) is 6.07. The van der Waals surface area contributed by atoms with E-state index in [4.69, 9.17) is 4.42 Å². The maximum absolute atomic E-state index is 11.6. The van der Waals surface area contributed by atoms with E-state index in [1.807, 2.05) is 0 Å². The topological polar surface area (TPSA) is 77.7 Å². The predicted molar refractivity (Wildman–Crippen MR) is 84.5 cm³/mol. The van der Waals surface area contributed by atoms with Crippen LogP contribution in [0.15, 0.2) is 22.8 Å². The third-order valence-corrected chi connectivity index (χ3v) is 4.01. The second kappa shape index (κ2) is 8.80. The van der Waals surface area contributed by atoms with Gasteiger partial charge in [0.05, 0.1) is 12.8 Å². The molecule has 0 spiro atoms. The van der Waals surface area contributed by atoms with Crippen molar-refractivity contribution in [1.82, 2.24) is 15.5 Å². The molecule has 1 aromatic rings. The van der Waals surface area contributed by atoms with Crippen LogP contribution < -0.4 is 10.6 Å². The van der Waals surface area contributed by atoms with Gasteiger partial charge in [0.2, 0.25) is 0 Å². The quantitative estimate of drug-likeness (QED) is 0.670. The Balaban J connectivity index is 1.52. The molecule has 2 amide bonds. The first kappa shape index (κ1) is 16.8. The molecular formula is C16H27N3O3. The lowest BCUT2D eigenvalue weighted by atomic mass is 10.0. The molecule has 1 aliphatic heterocycles. The predicted octanol–water partition coefficient (Wildman–Crippen LogP) is 1.73. The maximum Gasteiger partial charge on any atom is 0.314 e. The number of nitrogens with one attached hydrogen (secondary N) is 2. The molecule has 6 heteroatoms. The smallest absolute Gasteiger partial charge is 0.314 e. The molecule has 2 heterocycles. The first-order valence-corrected chi connectivity index (χ1v) is 8.10. The van der Waals surface area contributed by atoms with Gasteiger partial charge in [-0.1, -0.05) is 6.92 Å². The average molecular weight is 309 g/mol. The van der Waals surface area contributed by atoms with Gasteiger partial charge < -0.3 is 25.1 Å². The number of furan rings is 1. The fourth-order valence-corrected chi connectivity index (χ4v) is 2.83. The number of hydrogen-bond donors (Lipinski definition) is 3. The Kier molecular flexibility index (Phi) is 6.74. The molecule has 6 nitrogen and oxygen atoms in total. The van der Waals surface area contributed by atoms with E-state index in [1.165, 1.54) is 32.2 Å². The molecule has 0 aliphatic carbocycles. The third-order valence-electron chi connectivity index (χ3n) is 4.01. The van der Waals surface area contributed by atoms with Crippen molar-refractivity contribution in [3.05, 3.63) is 24.2 Å². The van der Waals surface area contributed by atoms with Crippen LogP contribution in [0.4, 0.5) is 4.79 Å². The third kappa shape index (κ3) is 5.69. The zero-order valence-electron chi connectivity index (χ0n) is 13.3. The fourth-order valence-electron chi connectivity index (χ4n) is 2.83. The number of carbonyl (C=O) groups excluding carboxylic acids is 1. The van der Waals surface area contributed by atoms with Crippen LogP contribution in [0, 0.1) is 5.92 Å². The van der Waals surface area contributed by atoms with Crippen molar-refractivity contribution in [1.29, 1.82) is 0 Å². The lowest BCUT2D eigenvalue weighted by molar-refractivity contribution is 0.147. The van der Waals surface area contributed by atoms with E-state index < -0.39 is 6.10 Å². The summed E-state index contributed by atoms with van der Waals surface area (Å²) in [6.45, 7) is 6.45. The van der Waals surface area contributed by atoms with Gasteiger partial charge in [-0.2, -0.15) is 0 Å². The Morgan fingerprint density at radius 2 is 2.41 bits per heavy atom. The number of nitrogens with zero attached hydrogens (tertiary/aromatic N) is 1. The van der Waals surface area contributed by atoms with Crippen molar-refractivity contribution in [2.75, 3.05) is 32.7 Å². The van der Waals surface area contributed by atoms with Crippen LogP contribution in [-0.2, 0) is 0 Å². The van der Waals surface area contributed by atoms with Crippen LogP contribution in [0.1, 0.15) is 38.1 Å². The van der Waals surface area contributed by atoms with Crippen molar-refractivity contribution < 1.29 is 14.3 Å². The molecule has 2 unspecified atom stereocenters. The van der Waals surface area contributed by atoms with Crippen molar-refractivity contribution in [2.24, 2.45) is 5.92 Å². The summed E-state index contributed by atoms with van der Waals surface area (Å²) in [5, 5.41) is 15.2. The molecule has 22 heavy (non-hydrogen) atoms. The number of urea groups is 1. The lowest BCUT2D eigenvalue weighted by Gasteiger charge is -2.30. The molecule has 1 saturated heterocycles. The number of aliphatic hydroxyl groups excluding tert-OH is 1. The molecule has 1 fully saturated rings. The summed E-state index contributed by atoms with van der Waals surface area (Å²) in [4.78, 5) is 14.1. The summed E-state index contributed by atoms with van der Waals surface area (Å²) in [7, 11) is 0. The minimum atomic E-state index is -0.810. The van der Waals surface area contributed by atoms with Gasteiger partial charge in [-0.25, -0.2) is 4.79 Å². The molecule has 0 saturated carbocycles. The highest BCUT2D eigenvalue weighted by molar-refractivity contribution is 5.73. The van der Waals surface area contributed by atoms with Gasteiger partial charge in [0, 0.05) is 13.1 Å². The van der Waals surface area contributed by atoms with Crippen LogP contribution in [0.5, 0.6) is 0 Å². The molecule has 2 rings (SSSR count). The van der Waals surface area contributed by atoms with Crippen molar-refractivity contribution in [3.63, 3.8) is 0 Å². The highest BCUT2D eigenvalue weighted by Crippen LogP contribution is 2.15. The Hall–Kier alpha value is -1.53. The standard InChI is InChI=1S/C16H27N3O3/c1-13-5-2-8-19(12-13)9-4-7-17-16(21)18-11-14(20)15-6-3-10-22-15/h3,6,10,13-14,20H,2,4-5,7-9,11-12H2,1H3,(H2,17,18,21). The van der Waals surface area contributed by atoms with E-state index >= 15 is 0 Å². The first-order valence-electron chi connectivity index (χ1n) is 8.10. The number of carbonyl (C=O) groups is 1. The number of hydrogen-bond acceptors (Lipinski definition) is 4. The van der Waals surface area contributed by atoms with E-state index in [2.05, 4.69) is 22.5 Å². The molecule has 124 valence electrons. The zero-order chi connectivity index (χ0) is 15.8.